The fourth-order valence-corrected chi connectivity index (χ4v) is 2.59. The van der Waals surface area contributed by atoms with Crippen molar-refractivity contribution in [2.24, 2.45) is 10.9 Å². The Morgan fingerprint density at radius 2 is 1.88 bits per heavy atom. The molecule has 0 aromatic carbocycles. The van der Waals surface area contributed by atoms with Crippen LogP contribution in [0, 0.1) is 5.92 Å². The van der Waals surface area contributed by atoms with E-state index in [0.29, 0.717) is 38.6 Å². The fraction of sp³-hybridized carbons (Fsp3) is 0.857. The summed E-state index contributed by atoms with van der Waals surface area (Å²) >= 11 is 0. The van der Waals surface area contributed by atoms with Crippen LogP contribution < -0.4 is 16.0 Å². The van der Waals surface area contributed by atoms with Crippen molar-refractivity contribution in [2.75, 3.05) is 39.8 Å². The molecule has 1 aliphatic carbocycles. The number of hydrogen-bond donors (Lipinski definition) is 3. The lowest BCUT2D eigenvalue weighted by Gasteiger charge is -2.19. The van der Waals surface area contributed by atoms with E-state index in [9.17, 15) is 18.0 Å². The van der Waals surface area contributed by atoms with Gasteiger partial charge in [0.15, 0.2) is 5.96 Å². The Morgan fingerprint density at radius 3 is 2.46 bits per heavy atom. The first kappa shape index (κ1) is 21.3. The van der Waals surface area contributed by atoms with E-state index >= 15 is 0 Å². The van der Waals surface area contributed by atoms with Crippen LogP contribution in [0.15, 0.2) is 4.99 Å². The normalized spacial score (nSPS) is 22.0. The largest absolute Gasteiger partial charge is 0.401 e. The van der Waals surface area contributed by atoms with Gasteiger partial charge in [0.1, 0.15) is 0 Å². The summed E-state index contributed by atoms with van der Waals surface area (Å²) in [4.78, 5) is 16.9. The van der Waals surface area contributed by atoms with Crippen molar-refractivity contribution in [3.05, 3.63) is 0 Å². The molecule has 2 rings (SSSR count). The molecule has 0 bridgehead atoms. The number of halogens is 4. The SMILES string of the molecule is CN=C(NCCNC(=O)C1CC1)NC1CCN(CC(F)(F)F)C1.I. The highest BCUT2D eigenvalue weighted by Crippen LogP contribution is 2.28. The summed E-state index contributed by atoms with van der Waals surface area (Å²) in [7, 11) is 1.61. The second kappa shape index (κ2) is 9.64. The van der Waals surface area contributed by atoms with Crippen LogP contribution in [0.2, 0.25) is 0 Å². The van der Waals surface area contributed by atoms with Gasteiger partial charge in [-0.05, 0) is 19.3 Å². The summed E-state index contributed by atoms with van der Waals surface area (Å²) in [5.74, 6) is 0.823. The van der Waals surface area contributed by atoms with Crippen molar-refractivity contribution in [1.82, 2.24) is 20.9 Å². The first-order valence-corrected chi connectivity index (χ1v) is 7.91. The summed E-state index contributed by atoms with van der Waals surface area (Å²) in [6.45, 7) is 0.923. The van der Waals surface area contributed by atoms with Crippen LogP contribution in [0.4, 0.5) is 13.2 Å². The summed E-state index contributed by atoms with van der Waals surface area (Å²) in [6, 6.07) is -0.0513. The highest BCUT2D eigenvalue weighted by Gasteiger charge is 2.34. The lowest BCUT2D eigenvalue weighted by molar-refractivity contribution is -0.143. The summed E-state index contributed by atoms with van der Waals surface area (Å²) < 4.78 is 37.1. The molecule has 6 nitrogen and oxygen atoms in total. The molecule has 0 radical (unpaired) electrons. The number of rotatable bonds is 6. The number of guanidine groups is 1. The summed E-state index contributed by atoms with van der Waals surface area (Å²) in [5.41, 5.74) is 0. The molecule has 3 N–H and O–H groups in total. The molecule has 140 valence electrons. The van der Waals surface area contributed by atoms with E-state index in [1.54, 1.807) is 7.05 Å². The van der Waals surface area contributed by atoms with Crippen LogP contribution in [0.25, 0.3) is 0 Å². The minimum absolute atomic E-state index is 0. The smallest absolute Gasteiger partial charge is 0.355 e. The molecule has 1 amide bonds. The number of carbonyl (C=O) groups is 1. The van der Waals surface area contributed by atoms with Crippen LogP contribution in [-0.2, 0) is 4.79 Å². The molecule has 10 heteroatoms. The summed E-state index contributed by atoms with van der Waals surface area (Å²) in [5, 5.41) is 9.01. The zero-order chi connectivity index (χ0) is 16.9. The Kier molecular flexibility index (Phi) is 8.54. The Hall–Kier alpha value is -0.780. The Morgan fingerprint density at radius 1 is 1.21 bits per heavy atom. The van der Waals surface area contributed by atoms with Crippen molar-refractivity contribution in [3.8, 4) is 0 Å². The molecular weight excluding hydrogens is 438 g/mol. The second-order valence-corrected chi connectivity index (χ2v) is 6.04. The fourth-order valence-electron chi connectivity index (χ4n) is 2.59. The number of alkyl halides is 3. The number of nitrogens with zero attached hydrogens (tertiary/aromatic N) is 2. The predicted octanol–water partition coefficient (Wildman–Crippen LogP) is 0.932. The van der Waals surface area contributed by atoms with Gasteiger partial charge in [0.05, 0.1) is 6.54 Å². The zero-order valence-electron chi connectivity index (χ0n) is 13.7. The van der Waals surface area contributed by atoms with Gasteiger partial charge >= 0.3 is 6.18 Å². The molecule has 0 aromatic heterocycles. The maximum atomic E-state index is 12.4. The topological polar surface area (TPSA) is 68.8 Å². The van der Waals surface area contributed by atoms with E-state index in [1.165, 1.54) is 4.90 Å². The van der Waals surface area contributed by atoms with Crippen LogP contribution in [0.3, 0.4) is 0 Å². The quantitative estimate of drug-likeness (QED) is 0.238. The van der Waals surface area contributed by atoms with Crippen molar-refractivity contribution < 1.29 is 18.0 Å². The maximum absolute atomic E-state index is 12.4. The molecule has 1 saturated carbocycles. The third-order valence-corrected chi connectivity index (χ3v) is 3.90. The molecule has 1 unspecified atom stereocenters. The predicted molar refractivity (Wildman–Crippen MR) is 96.5 cm³/mol. The van der Waals surface area contributed by atoms with E-state index in [1.807, 2.05) is 0 Å². The number of aliphatic imine (C=N–C) groups is 1. The highest BCUT2D eigenvalue weighted by molar-refractivity contribution is 14.0. The van der Waals surface area contributed by atoms with Gasteiger partial charge in [0.25, 0.3) is 0 Å². The van der Waals surface area contributed by atoms with Gasteiger partial charge in [0, 0.05) is 45.2 Å². The Labute approximate surface area is 157 Å². The van der Waals surface area contributed by atoms with Gasteiger partial charge in [0.2, 0.25) is 5.91 Å². The molecule has 0 aromatic rings. The highest BCUT2D eigenvalue weighted by atomic mass is 127. The number of carbonyl (C=O) groups excluding carboxylic acids is 1. The number of amides is 1. The van der Waals surface area contributed by atoms with E-state index in [0.717, 1.165) is 12.8 Å². The average Bonchev–Trinajstić information content (AvgIpc) is 3.23. The van der Waals surface area contributed by atoms with Gasteiger partial charge in [-0.1, -0.05) is 0 Å². The molecule has 1 heterocycles. The first-order valence-electron chi connectivity index (χ1n) is 7.91. The molecule has 1 atom stereocenters. The molecule has 2 aliphatic rings. The number of hydrogen-bond acceptors (Lipinski definition) is 3. The number of likely N-dealkylation sites (tertiary alicyclic amines) is 1. The van der Waals surface area contributed by atoms with Gasteiger partial charge < -0.3 is 16.0 Å². The summed E-state index contributed by atoms with van der Waals surface area (Å²) in [6.07, 6.45) is -1.57. The second-order valence-electron chi connectivity index (χ2n) is 6.04. The molecular formula is C14H25F3IN5O. The minimum atomic E-state index is -4.16. The lowest BCUT2D eigenvalue weighted by Crippen LogP contribution is -2.47. The average molecular weight is 463 g/mol. The molecule has 1 saturated heterocycles. The Bertz CT molecular complexity index is 443. The van der Waals surface area contributed by atoms with Crippen molar-refractivity contribution in [3.63, 3.8) is 0 Å². The first-order chi connectivity index (χ1) is 10.9. The van der Waals surface area contributed by atoms with E-state index in [-0.39, 0.29) is 41.8 Å². The van der Waals surface area contributed by atoms with Crippen LogP contribution >= 0.6 is 24.0 Å². The lowest BCUT2D eigenvalue weighted by atomic mass is 10.3. The number of nitrogens with one attached hydrogen (secondary N) is 3. The van der Waals surface area contributed by atoms with Gasteiger partial charge in [-0.3, -0.25) is 14.7 Å². The molecule has 2 fully saturated rings. The minimum Gasteiger partial charge on any atom is -0.355 e. The third-order valence-electron chi connectivity index (χ3n) is 3.90. The van der Waals surface area contributed by atoms with Crippen LogP contribution in [0.5, 0.6) is 0 Å². The monoisotopic (exact) mass is 463 g/mol. The van der Waals surface area contributed by atoms with Gasteiger partial charge in [-0.25, -0.2) is 0 Å². The van der Waals surface area contributed by atoms with Crippen LogP contribution in [-0.4, -0.2) is 68.8 Å². The third kappa shape index (κ3) is 7.86. The van der Waals surface area contributed by atoms with E-state index < -0.39 is 12.7 Å². The van der Waals surface area contributed by atoms with Crippen LogP contribution in [0.1, 0.15) is 19.3 Å². The molecule has 1 aliphatic heterocycles. The maximum Gasteiger partial charge on any atom is 0.401 e. The zero-order valence-corrected chi connectivity index (χ0v) is 16.0. The Balaban J connectivity index is 0.00000288. The molecule has 0 spiro atoms. The molecule has 24 heavy (non-hydrogen) atoms. The van der Waals surface area contributed by atoms with Crippen molar-refractivity contribution in [1.29, 1.82) is 0 Å². The van der Waals surface area contributed by atoms with E-state index in [4.69, 9.17) is 0 Å². The van der Waals surface area contributed by atoms with Crippen molar-refractivity contribution in [2.45, 2.75) is 31.5 Å². The van der Waals surface area contributed by atoms with E-state index in [2.05, 4.69) is 20.9 Å². The standard InChI is InChI=1S/C14H24F3N5O.HI/c1-18-13(20-6-5-19-12(23)10-2-3-10)21-11-4-7-22(8-11)9-14(15,16)17;/h10-11H,2-9H2,1H3,(H,19,23)(H2,18,20,21);1H. The van der Waals surface area contributed by atoms with Gasteiger partial charge in [-0.2, -0.15) is 13.2 Å². The van der Waals surface area contributed by atoms with Crippen molar-refractivity contribution >= 4 is 35.8 Å². The van der Waals surface area contributed by atoms with Gasteiger partial charge in [-0.15, -0.1) is 24.0 Å².